The van der Waals surface area contributed by atoms with Crippen LogP contribution in [0, 0.1) is 10.1 Å². The van der Waals surface area contributed by atoms with Gasteiger partial charge in [-0.1, -0.05) is 12.1 Å². The number of anilines is 2. The van der Waals surface area contributed by atoms with Crippen LogP contribution in [0.5, 0.6) is 11.8 Å². The average molecular weight is 519 g/mol. The molecule has 196 valence electrons. The smallest absolute Gasteiger partial charge is 0.443 e. The van der Waals surface area contributed by atoms with Crippen molar-refractivity contribution in [3.05, 3.63) is 70.4 Å². The van der Waals surface area contributed by atoms with E-state index in [4.69, 9.17) is 9.47 Å². The van der Waals surface area contributed by atoms with E-state index in [0.717, 1.165) is 43.1 Å². The van der Waals surface area contributed by atoms with Crippen LogP contribution in [0.1, 0.15) is 5.56 Å². The molecule has 0 amide bonds. The molecule has 2 aliphatic heterocycles. The lowest BCUT2D eigenvalue weighted by atomic mass is 10.1. The van der Waals surface area contributed by atoms with E-state index in [1.165, 1.54) is 18.3 Å². The van der Waals surface area contributed by atoms with Crippen molar-refractivity contribution in [3.8, 4) is 11.8 Å². The highest BCUT2D eigenvalue weighted by molar-refractivity contribution is 5.53. The van der Waals surface area contributed by atoms with Crippen molar-refractivity contribution in [1.29, 1.82) is 0 Å². The predicted octanol–water partition coefficient (Wildman–Crippen LogP) is 3.99. The Morgan fingerprint density at radius 3 is 2.16 bits per heavy atom. The summed E-state index contributed by atoms with van der Waals surface area (Å²) in [5.74, 6) is -0.481. The molecule has 1 fully saturated rings. The molecule has 1 saturated heterocycles. The molecule has 0 radical (unpaired) electrons. The molecular formula is C24H24F3N5O5. The lowest BCUT2D eigenvalue weighted by Gasteiger charge is -2.37. The maximum atomic E-state index is 12.4. The first kappa shape index (κ1) is 24.7. The Hall–Kier alpha value is -4.00. The molecule has 10 nitrogen and oxygen atoms in total. The lowest BCUT2D eigenvalue weighted by Crippen LogP contribution is -2.46. The third kappa shape index (κ3) is 6.05. The van der Waals surface area contributed by atoms with Crippen LogP contribution >= 0.6 is 0 Å². The number of aromatic nitrogens is 2. The van der Waals surface area contributed by atoms with Gasteiger partial charge in [-0.3, -0.25) is 4.57 Å². The number of piperazine rings is 1. The number of hydrogen-bond donors (Lipinski definition) is 0. The van der Waals surface area contributed by atoms with Crippen LogP contribution in [0.2, 0.25) is 0 Å². The van der Waals surface area contributed by atoms with Crippen LogP contribution < -0.4 is 19.3 Å². The molecule has 1 atom stereocenters. The summed E-state index contributed by atoms with van der Waals surface area (Å²) in [5, 5.41) is 10.9. The van der Waals surface area contributed by atoms with Crippen molar-refractivity contribution in [2.45, 2.75) is 25.6 Å². The molecule has 0 saturated carbocycles. The average Bonchev–Trinajstić information content (AvgIpc) is 3.32. The van der Waals surface area contributed by atoms with Crippen LogP contribution in [0.4, 0.5) is 30.4 Å². The van der Waals surface area contributed by atoms with Gasteiger partial charge in [0.1, 0.15) is 24.7 Å². The first-order valence-electron chi connectivity index (χ1n) is 11.6. The van der Waals surface area contributed by atoms with Crippen molar-refractivity contribution in [2.24, 2.45) is 0 Å². The minimum absolute atomic E-state index is 0.225. The molecule has 5 rings (SSSR count). The highest BCUT2D eigenvalue weighted by Gasteiger charge is 2.31. The van der Waals surface area contributed by atoms with E-state index in [0.29, 0.717) is 13.2 Å². The van der Waals surface area contributed by atoms with Crippen molar-refractivity contribution in [1.82, 2.24) is 9.55 Å². The number of rotatable bonds is 7. The summed E-state index contributed by atoms with van der Waals surface area (Å²) in [5.41, 5.74) is 2.92. The fourth-order valence-corrected chi connectivity index (χ4v) is 4.36. The normalized spacial score (nSPS) is 17.8. The fraction of sp³-hybridized carbons (Fsp3) is 0.375. The van der Waals surface area contributed by atoms with Gasteiger partial charge in [0.2, 0.25) is 0 Å². The summed E-state index contributed by atoms with van der Waals surface area (Å²) < 4.78 is 54.0. The Balaban J connectivity index is 1.09. The minimum Gasteiger partial charge on any atom is -0.443 e. The molecule has 2 aromatic carbocycles. The summed E-state index contributed by atoms with van der Waals surface area (Å²) in [6, 6.07) is 14.2. The second-order valence-electron chi connectivity index (χ2n) is 8.72. The molecular weight excluding hydrogens is 495 g/mol. The quantitative estimate of drug-likeness (QED) is 0.342. The molecule has 3 heterocycles. The Bertz CT molecular complexity index is 1230. The SMILES string of the molecule is O=[N+]([O-])c1cn2c(n1)OC[C@@H](OCc1ccc(N3CCN(c4ccc(OC(F)(F)F)cc4)CC3)cc1)C2. The molecule has 13 heteroatoms. The van der Waals surface area contributed by atoms with Crippen molar-refractivity contribution < 1.29 is 32.3 Å². The van der Waals surface area contributed by atoms with Gasteiger partial charge in [0, 0.05) is 42.5 Å². The van der Waals surface area contributed by atoms with Gasteiger partial charge < -0.3 is 34.1 Å². The Morgan fingerprint density at radius 2 is 1.59 bits per heavy atom. The molecule has 2 aliphatic rings. The van der Waals surface area contributed by atoms with Gasteiger partial charge in [-0.05, 0) is 46.9 Å². The van der Waals surface area contributed by atoms with Gasteiger partial charge >= 0.3 is 18.2 Å². The van der Waals surface area contributed by atoms with Gasteiger partial charge in [-0.25, -0.2) is 0 Å². The Kier molecular flexibility index (Phi) is 6.78. The topological polar surface area (TPSA) is 95.1 Å². The van der Waals surface area contributed by atoms with Crippen LogP contribution in [0.15, 0.2) is 54.7 Å². The number of ether oxygens (including phenoxy) is 3. The van der Waals surface area contributed by atoms with Crippen molar-refractivity contribution >= 4 is 17.2 Å². The van der Waals surface area contributed by atoms with E-state index >= 15 is 0 Å². The second-order valence-corrected chi connectivity index (χ2v) is 8.72. The third-order valence-corrected chi connectivity index (χ3v) is 6.22. The number of nitro groups is 1. The maximum Gasteiger partial charge on any atom is 0.573 e. The molecule has 0 N–H and O–H groups in total. The minimum atomic E-state index is -4.70. The zero-order valence-electron chi connectivity index (χ0n) is 19.6. The predicted molar refractivity (Wildman–Crippen MR) is 127 cm³/mol. The van der Waals surface area contributed by atoms with Crippen LogP contribution in [-0.4, -0.2) is 59.7 Å². The summed E-state index contributed by atoms with van der Waals surface area (Å²) in [6.07, 6.45) is -3.60. The van der Waals surface area contributed by atoms with E-state index in [1.807, 2.05) is 24.3 Å². The van der Waals surface area contributed by atoms with Crippen LogP contribution in [-0.2, 0) is 17.9 Å². The standard InChI is InChI=1S/C24H24F3N5O5/c25-24(26,27)37-20-7-5-19(6-8-20)30-11-9-29(10-12-30)18-3-1-17(2-4-18)15-35-21-13-31-14-22(32(33)34)28-23(31)36-16-21/h1-8,14,21H,9-13,15-16H2/t21-/m0/s1. The summed E-state index contributed by atoms with van der Waals surface area (Å²) in [7, 11) is 0. The number of halogens is 3. The molecule has 3 aromatic rings. The maximum absolute atomic E-state index is 12.4. The highest BCUT2D eigenvalue weighted by Crippen LogP contribution is 2.27. The van der Waals surface area contributed by atoms with E-state index in [9.17, 15) is 23.3 Å². The van der Waals surface area contributed by atoms with Crippen molar-refractivity contribution in [2.75, 3.05) is 42.6 Å². The number of fused-ring (bicyclic) bond motifs is 1. The number of hydrogen-bond acceptors (Lipinski definition) is 8. The number of imidazole rings is 1. The molecule has 0 unspecified atom stereocenters. The largest absolute Gasteiger partial charge is 0.573 e. The Labute approximate surface area is 209 Å². The monoisotopic (exact) mass is 519 g/mol. The zero-order chi connectivity index (χ0) is 26.0. The van der Waals surface area contributed by atoms with Crippen LogP contribution in [0.25, 0.3) is 0 Å². The fourth-order valence-electron chi connectivity index (χ4n) is 4.36. The molecule has 0 bridgehead atoms. The number of nitrogens with zero attached hydrogens (tertiary/aromatic N) is 5. The summed E-state index contributed by atoms with van der Waals surface area (Å²) >= 11 is 0. The first-order valence-corrected chi connectivity index (χ1v) is 11.6. The van der Waals surface area contributed by atoms with Gasteiger partial charge in [-0.15, -0.1) is 13.2 Å². The molecule has 0 aliphatic carbocycles. The van der Waals surface area contributed by atoms with Crippen molar-refractivity contribution in [3.63, 3.8) is 0 Å². The number of alkyl halides is 3. The van der Waals surface area contributed by atoms with E-state index in [-0.39, 0.29) is 30.3 Å². The third-order valence-electron chi connectivity index (χ3n) is 6.22. The van der Waals surface area contributed by atoms with E-state index < -0.39 is 11.3 Å². The van der Waals surface area contributed by atoms with E-state index in [1.54, 1.807) is 16.7 Å². The first-order chi connectivity index (χ1) is 17.7. The molecule has 1 aromatic heterocycles. The summed E-state index contributed by atoms with van der Waals surface area (Å²) in [6.45, 7) is 4.10. The zero-order valence-corrected chi connectivity index (χ0v) is 19.6. The van der Waals surface area contributed by atoms with Gasteiger partial charge in [-0.2, -0.15) is 0 Å². The van der Waals surface area contributed by atoms with Crippen LogP contribution in [0.3, 0.4) is 0 Å². The van der Waals surface area contributed by atoms with Gasteiger partial charge in [0.05, 0.1) is 13.2 Å². The van der Waals surface area contributed by atoms with Gasteiger partial charge in [0.25, 0.3) is 0 Å². The molecule has 37 heavy (non-hydrogen) atoms. The van der Waals surface area contributed by atoms with E-state index in [2.05, 4.69) is 19.5 Å². The van der Waals surface area contributed by atoms with Gasteiger partial charge in [0.15, 0.2) is 0 Å². The number of benzene rings is 2. The Morgan fingerprint density at radius 1 is 1.00 bits per heavy atom. The highest BCUT2D eigenvalue weighted by atomic mass is 19.4. The summed E-state index contributed by atoms with van der Waals surface area (Å²) in [4.78, 5) is 18.5. The second kappa shape index (κ2) is 10.2. The lowest BCUT2D eigenvalue weighted by molar-refractivity contribution is -0.389. The molecule has 0 spiro atoms.